The van der Waals surface area contributed by atoms with E-state index >= 15 is 0 Å². The number of ether oxygens (including phenoxy) is 1. The summed E-state index contributed by atoms with van der Waals surface area (Å²) in [6, 6.07) is 0.131. The van der Waals surface area contributed by atoms with Crippen molar-refractivity contribution in [2.75, 3.05) is 20.2 Å². The Kier molecular flexibility index (Phi) is 4.33. The number of nitrogens with one attached hydrogen (secondary N) is 1. The summed E-state index contributed by atoms with van der Waals surface area (Å²) in [7, 11) is 1.59. The van der Waals surface area contributed by atoms with Crippen LogP contribution in [0.1, 0.15) is 64.7 Å². The fourth-order valence-electron chi connectivity index (χ4n) is 5.65. The lowest BCUT2D eigenvalue weighted by atomic mass is 9.67. The summed E-state index contributed by atoms with van der Waals surface area (Å²) in [6.45, 7) is 3.27. The summed E-state index contributed by atoms with van der Waals surface area (Å²) in [5.74, 6) is 0.943. The minimum Gasteiger partial charge on any atom is -0.372 e. The second-order valence-electron chi connectivity index (χ2n) is 9.07. The second-order valence-corrected chi connectivity index (χ2v) is 9.07. The highest BCUT2D eigenvalue weighted by atomic mass is 16.5. The van der Waals surface area contributed by atoms with Gasteiger partial charge < -0.3 is 15.0 Å². The van der Waals surface area contributed by atoms with Gasteiger partial charge in [-0.1, -0.05) is 19.3 Å². The van der Waals surface area contributed by atoms with E-state index in [4.69, 9.17) is 4.74 Å². The zero-order chi connectivity index (χ0) is 17.7. The number of likely N-dealkylation sites (tertiary alicyclic amines) is 1. The van der Waals surface area contributed by atoms with Gasteiger partial charge in [-0.05, 0) is 56.8 Å². The molecule has 3 aliphatic carbocycles. The van der Waals surface area contributed by atoms with E-state index in [9.17, 15) is 9.59 Å². The van der Waals surface area contributed by atoms with Gasteiger partial charge in [-0.2, -0.15) is 0 Å². The van der Waals surface area contributed by atoms with Crippen LogP contribution in [0, 0.1) is 16.7 Å². The van der Waals surface area contributed by atoms with Crippen molar-refractivity contribution in [1.29, 1.82) is 0 Å². The molecule has 4 rings (SSSR count). The topological polar surface area (TPSA) is 58.6 Å². The van der Waals surface area contributed by atoms with E-state index in [1.54, 1.807) is 7.11 Å². The Labute approximate surface area is 150 Å². The number of fused-ring (bicyclic) bond motifs is 1. The van der Waals surface area contributed by atoms with Crippen molar-refractivity contribution in [3.05, 3.63) is 0 Å². The Morgan fingerprint density at radius 1 is 1.20 bits per heavy atom. The maximum atomic E-state index is 12.8. The summed E-state index contributed by atoms with van der Waals surface area (Å²) < 4.78 is 5.26. The Balaban J connectivity index is 1.39. The molecule has 0 aromatic carbocycles. The van der Waals surface area contributed by atoms with Crippen molar-refractivity contribution in [1.82, 2.24) is 10.2 Å². The molecule has 3 unspecified atom stereocenters. The van der Waals surface area contributed by atoms with Gasteiger partial charge in [0, 0.05) is 26.2 Å². The smallest absolute Gasteiger partial charge is 0.251 e. The van der Waals surface area contributed by atoms with E-state index in [-0.39, 0.29) is 23.3 Å². The van der Waals surface area contributed by atoms with Crippen molar-refractivity contribution in [2.24, 2.45) is 16.7 Å². The third kappa shape index (κ3) is 2.88. The zero-order valence-corrected chi connectivity index (χ0v) is 15.7. The van der Waals surface area contributed by atoms with Gasteiger partial charge in [-0.3, -0.25) is 9.59 Å². The molecule has 4 aliphatic rings. The number of carbonyl (C=O) groups excluding carboxylic acids is 2. The van der Waals surface area contributed by atoms with Crippen LogP contribution < -0.4 is 5.32 Å². The molecule has 0 aromatic rings. The zero-order valence-electron chi connectivity index (χ0n) is 15.7. The maximum absolute atomic E-state index is 12.8. The van der Waals surface area contributed by atoms with Gasteiger partial charge in [0.25, 0.3) is 5.91 Å². The van der Waals surface area contributed by atoms with Crippen molar-refractivity contribution in [3.63, 3.8) is 0 Å². The summed E-state index contributed by atoms with van der Waals surface area (Å²) in [4.78, 5) is 27.5. The molecule has 0 aromatic heterocycles. The molecule has 5 heteroatoms. The van der Waals surface area contributed by atoms with Gasteiger partial charge >= 0.3 is 0 Å². The lowest BCUT2D eigenvalue weighted by molar-refractivity contribution is -0.142. The standard InChI is InChI=1S/C20H32N2O3/c1-14(25-2)17(23)22-13-19(7-5-8-19)11-16(22)12-21-18(24)20-9-4-3-6-15(20)10-20/h14-16H,3-13H2,1-2H3,(H,21,24)/t14-,15?,16?,20?/m1/s1. The van der Waals surface area contributed by atoms with Crippen LogP contribution >= 0.6 is 0 Å². The Hall–Kier alpha value is -1.10. The highest BCUT2D eigenvalue weighted by Crippen LogP contribution is 2.61. The van der Waals surface area contributed by atoms with Crippen LogP contribution in [-0.2, 0) is 14.3 Å². The van der Waals surface area contributed by atoms with Crippen LogP contribution in [0.2, 0.25) is 0 Å². The molecule has 1 spiro atoms. The molecule has 1 aliphatic heterocycles. The molecule has 1 saturated heterocycles. The second kappa shape index (κ2) is 6.26. The van der Waals surface area contributed by atoms with Crippen LogP contribution in [0.5, 0.6) is 0 Å². The van der Waals surface area contributed by atoms with Gasteiger partial charge in [0.2, 0.25) is 5.91 Å². The SMILES string of the molecule is CO[C@H](C)C(=O)N1CC2(CCC2)CC1CNC(=O)C12CCCCC1C2. The van der Waals surface area contributed by atoms with Crippen molar-refractivity contribution in [3.8, 4) is 0 Å². The third-order valence-electron chi connectivity index (χ3n) is 7.62. The van der Waals surface area contributed by atoms with E-state index in [2.05, 4.69) is 5.32 Å². The quantitative estimate of drug-likeness (QED) is 0.830. The van der Waals surface area contributed by atoms with E-state index in [0.717, 1.165) is 25.8 Å². The van der Waals surface area contributed by atoms with Crippen LogP contribution in [0.15, 0.2) is 0 Å². The van der Waals surface area contributed by atoms with E-state index < -0.39 is 6.10 Å². The van der Waals surface area contributed by atoms with E-state index in [0.29, 0.717) is 17.9 Å². The minimum absolute atomic E-state index is 0.0559. The lowest BCUT2D eigenvalue weighted by Crippen LogP contribution is -2.48. The Bertz CT molecular complexity index is 559. The summed E-state index contributed by atoms with van der Waals surface area (Å²) in [6.07, 6.45) is 10.2. The van der Waals surface area contributed by atoms with Crippen LogP contribution in [-0.4, -0.2) is 49.1 Å². The molecule has 4 fully saturated rings. The molecule has 5 nitrogen and oxygen atoms in total. The average molecular weight is 348 g/mol. The highest BCUT2D eigenvalue weighted by molar-refractivity contribution is 5.86. The number of carbonyl (C=O) groups is 2. The molecular formula is C20H32N2O3. The number of rotatable bonds is 5. The van der Waals surface area contributed by atoms with Crippen molar-refractivity contribution >= 4 is 11.8 Å². The summed E-state index contributed by atoms with van der Waals surface area (Å²) >= 11 is 0. The predicted molar refractivity (Wildman–Crippen MR) is 94.9 cm³/mol. The molecule has 0 bridgehead atoms. The van der Waals surface area contributed by atoms with Gasteiger partial charge in [0.15, 0.2) is 0 Å². The molecule has 25 heavy (non-hydrogen) atoms. The van der Waals surface area contributed by atoms with Crippen molar-refractivity contribution in [2.45, 2.75) is 76.9 Å². The molecule has 3 saturated carbocycles. The fourth-order valence-corrected chi connectivity index (χ4v) is 5.65. The maximum Gasteiger partial charge on any atom is 0.251 e. The van der Waals surface area contributed by atoms with Crippen molar-refractivity contribution < 1.29 is 14.3 Å². The average Bonchev–Trinajstić information content (AvgIpc) is 3.23. The fraction of sp³-hybridized carbons (Fsp3) is 0.900. The Morgan fingerprint density at radius 3 is 2.64 bits per heavy atom. The Morgan fingerprint density at radius 2 is 2.00 bits per heavy atom. The normalized spacial score (nSPS) is 36.5. The van der Waals surface area contributed by atoms with Gasteiger partial charge in [-0.15, -0.1) is 0 Å². The van der Waals surface area contributed by atoms with Crippen LogP contribution in [0.25, 0.3) is 0 Å². The summed E-state index contributed by atoms with van der Waals surface area (Å²) in [5.41, 5.74) is 0.253. The van der Waals surface area contributed by atoms with E-state index in [1.807, 2.05) is 11.8 Å². The molecule has 1 heterocycles. The largest absolute Gasteiger partial charge is 0.372 e. The molecule has 140 valence electrons. The van der Waals surface area contributed by atoms with Crippen LogP contribution in [0.4, 0.5) is 0 Å². The molecule has 4 atom stereocenters. The minimum atomic E-state index is -0.404. The number of hydrogen-bond acceptors (Lipinski definition) is 3. The first-order chi connectivity index (χ1) is 12.0. The molecule has 1 N–H and O–H groups in total. The van der Waals surface area contributed by atoms with Gasteiger partial charge in [0.1, 0.15) is 6.10 Å². The predicted octanol–water partition coefficient (Wildman–Crippen LogP) is 2.49. The molecule has 0 radical (unpaired) electrons. The third-order valence-corrected chi connectivity index (χ3v) is 7.62. The number of amides is 2. The van der Waals surface area contributed by atoms with Gasteiger partial charge in [0.05, 0.1) is 5.41 Å². The van der Waals surface area contributed by atoms with Crippen LogP contribution in [0.3, 0.4) is 0 Å². The first-order valence-electron chi connectivity index (χ1n) is 10.1. The first-order valence-corrected chi connectivity index (χ1v) is 10.1. The summed E-state index contributed by atoms with van der Waals surface area (Å²) in [5, 5.41) is 3.23. The number of hydrogen-bond donors (Lipinski definition) is 1. The molecular weight excluding hydrogens is 316 g/mol. The lowest BCUT2D eigenvalue weighted by Gasteiger charge is -2.38. The van der Waals surface area contributed by atoms with Gasteiger partial charge in [-0.25, -0.2) is 0 Å². The monoisotopic (exact) mass is 348 g/mol. The molecule has 2 amide bonds. The number of nitrogens with zero attached hydrogens (tertiary/aromatic N) is 1. The van der Waals surface area contributed by atoms with E-state index in [1.165, 1.54) is 38.5 Å². The first kappa shape index (κ1) is 17.3. The number of methoxy groups -OCH3 is 1. The highest BCUT2D eigenvalue weighted by Gasteiger charge is 2.60.